The molecule has 2 aromatic heterocycles. The van der Waals surface area contributed by atoms with Gasteiger partial charge in [0.25, 0.3) is 16.1 Å². The van der Waals surface area contributed by atoms with E-state index in [0.29, 0.717) is 43.8 Å². The molecule has 4 heterocycles. The van der Waals surface area contributed by atoms with E-state index in [1.807, 2.05) is 36.9 Å². The van der Waals surface area contributed by atoms with E-state index in [1.165, 1.54) is 4.31 Å². The van der Waals surface area contributed by atoms with Gasteiger partial charge in [-0.1, -0.05) is 0 Å². The van der Waals surface area contributed by atoms with Crippen LogP contribution in [0, 0.1) is 13.8 Å². The Hall–Kier alpha value is -3.10. The van der Waals surface area contributed by atoms with Gasteiger partial charge in [0.1, 0.15) is 0 Å². The third-order valence-corrected chi connectivity index (χ3v) is 8.91. The minimum Gasteiger partial charge on any atom is -0.433 e. The lowest BCUT2D eigenvalue weighted by Crippen LogP contribution is -2.46. The van der Waals surface area contributed by atoms with Crippen LogP contribution < -0.4 is 15.2 Å². The van der Waals surface area contributed by atoms with Crippen molar-refractivity contribution in [2.75, 3.05) is 52.2 Å². The number of piperidine rings is 1. The third kappa shape index (κ3) is 6.39. The number of aromatic nitrogens is 4. The maximum Gasteiger partial charge on any atom is 0.279 e. The Morgan fingerprint density at radius 1 is 1.10 bits per heavy atom. The van der Waals surface area contributed by atoms with E-state index < -0.39 is 10.2 Å². The Labute approximate surface area is 229 Å². The maximum atomic E-state index is 12.7. The highest BCUT2D eigenvalue weighted by atomic mass is 32.2. The highest BCUT2D eigenvalue weighted by molar-refractivity contribution is 7.87. The third-order valence-electron chi connectivity index (χ3n) is 7.35. The second-order valence-electron chi connectivity index (χ2n) is 10.2. The van der Waals surface area contributed by atoms with Crippen LogP contribution in [0.4, 0.5) is 5.82 Å². The molecular weight excluding hydrogens is 520 g/mol. The summed E-state index contributed by atoms with van der Waals surface area (Å²) in [6.07, 6.45) is 7.24. The van der Waals surface area contributed by atoms with Crippen molar-refractivity contribution in [3.05, 3.63) is 47.4 Å². The molecule has 0 saturated carbocycles. The summed E-state index contributed by atoms with van der Waals surface area (Å²) in [7, 11) is -1.45. The van der Waals surface area contributed by atoms with E-state index in [9.17, 15) is 8.42 Å². The highest BCUT2D eigenvalue weighted by Gasteiger charge is 2.24. The molecule has 0 unspecified atom stereocenters. The van der Waals surface area contributed by atoms with E-state index in [0.717, 1.165) is 48.2 Å². The van der Waals surface area contributed by atoms with Crippen molar-refractivity contribution < 1.29 is 17.9 Å². The number of hydrogen-bond acceptors (Lipinski definition) is 9. The monoisotopic (exact) mass is 556 g/mol. The number of hydrogen-bond donors (Lipinski definition) is 2. The Morgan fingerprint density at radius 3 is 2.49 bits per heavy atom. The molecule has 3 N–H and O–H groups in total. The minimum atomic E-state index is -3.58. The summed E-state index contributed by atoms with van der Waals surface area (Å²) >= 11 is 0. The topological polar surface area (TPSA) is 141 Å². The quantitative estimate of drug-likeness (QED) is 0.427. The molecule has 0 radical (unpaired) electrons. The van der Waals surface area contributed by atoms with Crippen LogP contribution in [0.25, 0.3) is 11.3 Å². The van der Waals surface area contributed by atoms with Gasteiger partial charge in [-0.15, -0.1) is 0 Å². The number of benzene rings is 1. The van der Waals surface area contributed by atoms with Crippen molar-refractivity contribution in [3.63, 3.8) is 0 Å². The van der Waals surface area contributed by atoms with Crippen LogP contribution in [0.1, 0.15) is 35.6 Å². The summed E-state index contributed by atoms with van der Waals surface area (Å²) in [6, 6.07) is 4.28. The van der Waals surface area contributed by atoms with Gasteiger partial charge in [0, 0.05) is 25.2 Å². The van der Waals surface area contributed by atoms with E-state index >= 15 is 0 Å². The number of nitrogens with one attached hydrogen (secondary N) is 1. The summed E-state index contributed by atoms with van der Waals surface area (Å²) in [6.45, 7) is 7.70. The summed E-state index contributed by atoms with van der Waals surface area (Å²) < 4.78 is 42.8. The first-order valence-corrected chi connectivity index (χ1v) is 14.6. The minimum absolute atomic E-state index is 0.188. The zero-order valence-corrected chi connectivity index (χ0v) is 23.4. The number of nitrogen functional groups attached to an aromatic ring is 1. The fraction of sp³-hybridized carbons (Fsp3) is 0.500. The number of morpholine rings is 1. The van der Waals surface area contributed by atoms with Gasteiger partial charge >= 0.3 is 0 Å². The van der Waals surface area contributed by atoms with Crippen molar-refractivity contribution in [1.29, 1.82) is 0 Å². The average Bonchev–Trinajstić information content (AvgIpc) is 3.39. The SMILES string of the molecule is Cc1cc(-c2cnc(N)c(Oc3cnn(C4CCN(C)CC4)c3)n2)cc(C)c1CNS(=O)(=O)N1CCOCC1. The first-order valence-electron chi connectivity index (χ1n) is 13.2. The van der Waals surface area contributed by atoms with Crippen molar-refractivity contribution in [2.24, 2.45) is 0 Å². The summed E-state index contributed by atoms with van der Waals surface area (Å²) in [5, 5.41) is 4.49. The van der Waals surface area contributed by atoms with Gasteiger partial charge in [-0.25, -0.2) is 9.97 Å². The van der Waals surface area contributed by atoms with Gasteiger partial charge < -0.3 is 20.1 Å². The van der Waals surface area contributed by atoms with Crippen molar-refractivity contribution in [2.45, 2.75) is 39.3 Å². The summed E-state index contributed by atoms with van der Waals surface area (Å²) in [5.41, 5.74) is 10.3. The van der Waals surface area contributed by atoms with Crippen LogP contribution in [0.3, 0.4) is 0 Å². The van der Waals surface area contributed by atoms with Gasteiger partial charge in [-0.05, 0) is 75.6 Å². The molecule has 1 aromatic carbocycles. The molecule has 0 amide bonds. The largest absolute Gasteiger partial charge is 0.433 e. The first kappa shape index (κ1) is 27.5. The molecule has 2 saturated heterocycles. The molecule has 0 atom stereocenters. The van der Waals surface area contributed by atoms with Crippen LogP contribution in [-0.4, -0.2) is 83.8 Å². The van der Waals surface area contributed by atoms with Gasteiger partial charge in [0.2, 0.25) is 0 Å². The second kappa shape index (κ2) is 11.6. The molecule has 2 aliphatic rings. The van der Waals surface area contributed by atoms with Crippen LogP contribution in [0.2, 0.25) is 0 Å². The van der Waals surface area contributed by atoms with Crippen LogP contribution >= 0.6 is 0 Å². The number of nitrogens with two attached hydrogens (primary N) is 1. The molecule has 0 spiro atoms. The fourth-order valence-electron chi connectivity index (χ4n) is 5.00. The lowest BCUT2D eigenvalue weighted by Gasteiger charge is -2.28. The molecule has 39 heavy (non-hydrogen) atoms. The normalized spacial score (nSPS) is 17.9. The van der Waals surface area contributed by atoms with Crippen LogP contribution in [-0.2, 0) is 21.5 Å². The zero-order chi connectivity index (χ0) is 27.6. The van der Waals surface area contributed by atoms with E-state index in [2.05, 4.69) is 31.7 Å². The second-order valence-corrected chi connectivity index (χ2v) is 11.9. The molecule has 12 nitrogen and oxygen atoms in total. The number of likely N-dealkylation sites (tertiary alicyclic amines) is 1. The molecular formula is C26H36N8O4S. The standard InChI is InChI=1S/C26H36N8O4S/c1-18-12-20(13-19(2)23(18)15-30-39(35,36)33-8-10-37-11-9-33)24-16-28-25(27)26(31-24)38-22-14-29-34(17-22)21-4-6-32(3)7-5-21/h12-14,16-17,21,30H,4-11,15H2,1-3H3,(H2,27,28). The van der Waals surface area contributed by atoms with Crippen molar-refractivity contribution in [1.82, 2.24) is 33.7 Å². The zero-order valence-electron chi connectivity index (χ0n) is 22.6. The van der Waals surface area contributed by atoms with Crippen molar-refractivity contribution >= 4 is 16.0 Å². The Kier molecular flexibility index (Phi) is 8.14. The summed E-state index contributed by atoms with van der Waals surface area (Å²) in [5.74, 6) is 0.962. The van der Waals surface area contributed by atoms with Crippen LogP contribution in [0.15, 0.2) is 30.7 Å². The molecule has 210 valence electrons. The van der Waals surface area contributed by atoms with Gasteiger partial charge in [-0.3, -0.25) is 4.68 Å². The van der Waals surface area contributed by atoms with E-state index in [1.54, 1.807) is 12.4 Å². The van der Waals surface area contributed by atoms with Gasteiger partial charge in [0.15, 0.2) is 11.6 Å². The number of aryl methyl sites for hydroxylation is 2. The number of rotatable bonds is 8. The van der Waals surface area contributed by atoms with E-state index in [4.69, 9.17) is 15.2 Å². The summed E-state index contributed by atoms with van der Waals surface area (Å²) in [4.78, 5) is 11.3. The Bertz CT molecular complexity index is 1390. The molecule has 5 rings (SSSR count). The molecule has 0 aliphatic carbocycles. The van der Waals surface area contributed by atoms with E-state index in [-0.39, 0.29) is 18.2 Å². The molecule has 2 fully saturated rings. The maximum absolute atomic E-state index is 12.7. The molecule has 13 heteroatoms. The predicted octanol–water partition coefficient (Wildman–Crippen LogP) is 2.26. The Morgan fingerprint density at radius 2 is 1.79 bits per heavy atom. The number of nitrogens with zero attached hydrogens (tertiary/aromatic N) is 6. The Balaban J connectivity index is 1.30. The molecule has 3 aromatic rings. The predicted molar refractivity (Wildman–Crippen MR) is 148 cm³/mol. The van der Waals surface area contributed by atoms with Gasteiger partial charge in [-0.2, -0.15) is 22.5 Å². The first-order chi connectivity index (χ1) is 18.7. The highest BCUT2D eigenvalue weighted by Crippen LogP contribution is 2.30. The number of ether oxygens (including phenoxy) is 2. The fourth-order valence-corrected chi connectivity index (χ4v) is 6.14. The van der Waals surface area contributed by atoms with Crippen LogP contribution in [0.5, 0.6) is 11.6 Å². The lowest BCUT2D eigenvalue weighted by atomic mass is 9.98. The average molecular weight is 557 g/mol. The lowest BCUT2D eigenvalue weighted by molar-refractivity contribution is 0.0725. The molecule has 2 aliphatic heterocycles. The smallest absolute Gasteiger partial charge is 0.279 e. The van der Waals surface area contributed by atoms with Gasteiger partial charge in [0.05, 0.1) is 43.5 Å². The number of anilines is 1. The van der Waals surface area contributed by atoms with Crippen molar-refractivity contribution in [3.8, 4) is 22.9 Å². The molecule has 0 bridgehead atoms.